The maximum atomic E-state index is 11.9. The number of hydrogen-bond acceptors (Lipinski definition) is 4. The van der Waals surface area contributed by atoms with Crippen LogP contribution in [0.25, 0.3) is 10.9 Å². The number of carbonyl (C=O) groups is 3. The van der Waals surface area contributed by atoms with E-state index in [1.165, 1.54) is 0 Å². The number of rotatable bonds is 3. The predicted octanol–water partition coefficient (Wildman–Crippen LogP) is 0.0532. The van der Waals surface area contributed by atoms with Crippen LogP contribution in [0.5, 0.6) is 0 Å². The number of benzene rings is 1. The number of nitrogens with one attached hydrogen (secondary N) is 3. The van der Waals surface area contributed by atoms with Gasteiger partial charge in [0.15, 0.2) is 5.82 Å². The summed E-state index contributed by atoms with van der Waals surface area (Å²) in [4.78, 5) is 35.4. The zero-order chi connectivity index (χ0) is 14.1. The second-order valence-corrected chi connectivity index (χ2v) is 4.30. The van der Waals surface area contributed by atoms with Crippen molar-refractivity contribution in [1.29, 1.82) is 0 Å². The van der Waals surface area contributed by atoms with Crippen molar-refractivity contribution in [3.63, 3.8) is 0 Å². The van der Waals surface area contributed by atoms with Crippen LogP contribution in [0, 0.1) is 0 Å². The fourth-order valence-electron chi connectivity index (χ4n) is 1.99. The number of amides is 4. The van der Waals surface area contributed by atoms with E-state index >= 15 is 0 Å². The molecule has 1 fully saturated rings. The van der Waals surface area contributed by atoms with Gasteiger partial charge < -0.3 is 10.6 Å². The quantitative estimate of drug-likeness (QED) is 0.687. The highest BCUT2D eigenvalue weighted by Crippen LogP contribution is 2.19. The van der Waals surface area contributed by atoms with Crippen molar-refractivity contribution in [1.82, 2.24) is 20.4 Å². The number of anilines is 1. The van der Waals surface area contributed by atoms with Gasteiger partial charge in [-0.15, -0.1) is 0 Å². The molecule has 0 spiro atoms. The Hall–Kier alpha value is -2.90. The Morgan fingerprint density at radius 3 is 2.90 bits per heavy atom. The number of H-pyrrole nitrogens is 1. The second-order valence-electron chi connectivity index (χ2n) is 4.30. The lowest BCUT2D eigenvalue weighted by Crippen LogP contribution is -2.38. The molecule has 102 valence electrons. The number of fused-ring (bicyclic) bond motifs is 1. The number of aromatic amines is 1. The van der Waals surface area contributed by atoms with Crippen LogP contribution in [0.1, 0.15) is 0 Å². The lowest BCUT2D eigenvalue weighted by atomic mass is 10.2. The minimum atomic E-state index is -0.558. The summed E-state index contributed by atoms with van der Waals surface area (Å²) in [5, 5.41) is 12.5. The molecule has 8 nitrogen and oxygen atoms in total. The molecule has 4 amide bonds. The highest BCUT2D eigenvalue weighted by Gasteiger charge is 2.30. The van der Waals surface area contributed by atoms with Crippen molar-refractivity contribution in [2.45, 2.75) is 0 Å². The minimum Gasteiger partial charge on any atom is -0.329 e. The Labute approximate surface area is 113 Å². The Bertz CT molecular complexity index is 692. The van der Waals surface area contributed by atoms with Gasteiger partial charge in [-0.25, -0.2) is 4.79 Å². The molecule has 20 heavy (non-hydrogen) atoms. The van der Waals surface area contributed by atoms with Gasteiger partial charge in [0.2, 0.25) is 5.91 Å². The highest BCUT2D eigenvalue weighted by molar-refractivity contribution is 6.07. The van der Waals surface area contributed by atoms with E-state index in [4.69, 9.17) is 0 Å². The van der Waals surface area contributed by atoms with E-state index in [1.807, 2.05) is 24.3 Å². The van der Waals surface area contributed by atoms with E-state index in [1.54, 1.807) is 0 Å². The molecule has 0 aliphatic carbocycles. The molecule has 3 rings (SSSR count). The van der Waals surface area contributed by atoms with Gasteiger partial charge in [-0.1, -0.05) is 12.1 Å². The fourth-order valence-corrected chi connectivity index (χ4v) is 1.99. The first-order valence-corrected chi connectivity index (χ1v) is 5.96. The van der Waals surface area contributed by atoms with Crippen LogP contribution >= 0.6 is 0 Å². The number of aromatic nitrogens is 2. The Balaban J connectivity index is 1.73. The fraction of sp³-hybridized carbons (Fsp3) is 0.167. The summed E-state index contributed by atoms with van der Waals surface area (Å²) < 4.78 is 0. The van der Waals surface area contributed by atoms with Crippen LogP contribution in [0.15, 0.2) is 24.3 Å². The number of carbonyl (C=O) groups excluding carboxylic acids is 3. The largest absolute Gasteiger partial charge is 0.329 e. The van der Waals surface area contributed by atoms with Gasteiger partial charge in [0, 0.05) is 5.39 Å². The Kier molecular flexibility index (Phi) is 2.82. The summed E-state index contributed by atoms with van der Waals surface area (Å²) in [7, 11) is 0. The summed E-state index contributed by atoms with van der Waals surface area (Å²) >= 11 is 0. The molecule has 0 bridgehead atoms. The molecule has 8 heteroatoms. The van der Waals surface area contributed by atoms with Crippen molar-refractivity contribution in [3.05, 3.63) is 24.3 Å². The van der Waals surface area contributed by atoms with Crippen molar-refractivity contribution in [2.24, 2.45) is 0 Å². The first-order chi connectivity index (χ1) is 9.65. The number of para-hydroxylation sites is 1. The molecular formula is C12H11N5O3. The summed E-state index contributed by atoms with van der Waals surface area (Å²) in [5.74, 6) is -0.526. The molecule has 2 heterocycles. The van der Waals surface area contributed by atoms with Crippen LogP contribution in [0.3, 0.4) is 0 Å². The third kappa shape index (κ3) is 2.07. The smallest absolute Gasteiger partial charge is 0.325 e. The summed E-state index contributed by atoms with van der Waals surface area (Å²) in [5.41, 5.74) is 0.790. The van der Waals surface area contributed by atoms with Crippen molar-refractivity contribution in [2.75, 3.05) is 18.4 Å². The van der Waals surface area contributed by atoms with Gasteiger partial charge in [-0.05, 0) is 12.1 Å². The first-order valence-electron chi connectivity index (χ1n) is 5.96. The molecule has 1 aromatic carbocycles. The molecule has 0 radical (unpaired) electrons. The number of urea groups is 1. The summed E-state index contributed by atoms with van der Waals surface area (Å²) in [6.45, 7) is -0.400. The molecule has 3 N–H and O–H groups in total. The topological polar surface area (TPSA) is 107 Å². The molecule has 2 aromatic rings. The molecule has 0 saturated carbocycles. The molecule has 1 aliphatic rings. The van der Waals surface area contributed by atoms with Crippen molar-refractivity contribution < 1.29 is 14.4 Å². The van der Waals surface area contributed by atoms with Crippen molar-refractivity contribution in [3.8, 4) is 0 Å². The monoisotopic (exact) mass is 273 g/mol. The lowest BCUT2D eigenvalue weighted by molar-refractivity contribution is -0.128. The van der Waals surface area contributed by atoms with E-state index in [-0.39, 0.29) is 13.1 Å². The molecular weight excluding hydrogens is 262 g/mol. The van der Waals surface area contributed by atoms with Crippen LogP contribution in [-0.2, 0) is 9.59 Å². The minimum absolute atomic E-state index is 0.0720. The number of nitrogens with zero attached hydrogens (tertiary/aromatic N) is 2. The summed E-state index contributed by atoms with van der Waals surface area (Å²) in [6, 6.07) is 6.75. The van der Waals surface area contributed by atoms with Crippen molar-refractivity contribution >= 4 is 34.6 Å². The van der Waals surface area contributed by atoms with Crippen LogP contribution in [-0.4, -0.2) is 46.0 Å². The normalized spacial score (nSPS) is 14.7. The van der Waals surface area contributed by atoms with E-state index in [2.05, 4.69) is 20.8 Å². The maximum Gasteiger partial charge on any atom is 0.325 e. The molecule has 0 unspecified atom stereocenters. The molecule has 1 aliphatic heterocycles. The van der Waals surface area contributed by atoms with Gasteiger partial charge >= 0.3 is 6.03 Å². The third-order valence-electron chi connectivity index (χ3n) is 2.97. The van der Waals surface area contributed by atoms with E-state index < -0.39 is 17.8 Å². The van der Waals surface area contributed by atoms with E-state index in [0.717, 1.165) is 15.8 Å². The molecule has 0 atom stereocenters. The molecule has 1 saturated heterocycles. The SMILES string of the molecule is O=C(CN1C(=O)CNC1=O)Nc1n[nH]c2ccccc12. The van der Waals surface area contributed by atoms with E-state index in [9.17, 15) is 14.4 Å². The van der Waals surface area contributed by atoms with E-state index in [0.29, 0.717) is 5.82 Å². The zero-order valence-corrected chi connectivity index (χ0v) is 10.3. The van der Waals surface area contributed by atoms with Crippen LogP contribution in [0.4, 0.5) is 10.6 Å². The third-order valence-corrected chi connectivity index (χ3v) is 2.97. The average Bonchev–Trinajstić information content (AvgIpc) is 2.98. The van der Waals surface area contributed by atoms with Gasteiger partial charge in [-0.3, -0.25) is 19.6 Å². The highest BCUT2D eigenvalue weighted by atomic mass is 16.2. The average molecular weight is 273 g/mol. The van der Waals surface area contributed by atoms with Gasteiger partial charge in [-0.2, -0.15) is 5.10 Å². The number of imide groups is 1. The standard InChI is InChI=1S/C12H11N5O3/c18-9(6-17-10(19)5-13-12(17)20)14-11-7-3-1-2-4-8(7)15-16-11/h1-4H,5-6H2,(H,13,20)(H2,14,15,16,18). The molecule has 1 aromatic heterocycles. The maximum absolute atomic E-state index is 11.9. The second kappa shape index (κ2) is 4.65. The van der Waals surface area contributed by atoms with Crippen LogP contribution < -0.4 is 10.6 Å². The van der Waals surface area contributed by atoms with Crippen LogP contribution in [0.2, 0.25) is 0 Å². The number of hydrogen-bond donors (Lipinski definition) is 3. The lowest BCUT2D eigenvalue weighted by Gasteiger charge is -2.11. The van der Waals surface area contributed by atoms with Gasteiger partial charge in [0.25, 0.3) is 5.91 Å². The van der Waals surface area contributed by atoms with Gasteiger partial charge in [0.05, 0.1) is 12.1 Å². The first kappa shape index (κ1) is 12.2. The van der Waals surface area contributed by atoms with Gasteiger partial charge in [0.1, 0.15) is 6.54 Å². The summed E-state index contributed by atoms with van der Waals surface area (Å²) in [6.07, 6.45) is 0. The predicted molar refractivity (Wildman–Crippen MR) is 69.8 cm³/mol. The Morgan fingerprint density at radius 1 is 1.35 bits per heavy atom. The Morgan fingerprint density at radius 2 is 2.15 bits per heavy atom. The zero-order valence-electron chi connectivity index (χ0n) is 10.3.